The molecule has 0 aliphatic carbocycles. The van der Waals surface area contributed by atoms with Crippen LogP contribution in [0.1, 0.15) is 6.92 Å². The second-order valence-corrected chi connectivity index (χ2v) is 2.25. The van der Waals surface area contributed by atoms with E-state index in [9.17, 15) is 0 Å². The zero-order valence-corrected chi connectivity index (χ0v) is 6.34. The molecule has 3 atom stereocenters. The van der Waals surface area contributed by atoms with E-state index in [1.165, 1.54) is 6.92 Å². The van der Waals surface area contributed by atoms with Crippen molar-refractivity contribution < 1.29 is 25.2 Å². The molecule has 0 aromatic heterocycles. The van der Waals surface area contributed by atoms with Crippen LogP contribution in [0.3, 0.4) is 0 Å². The normalized spacial score (nSPS) is 19.4. The van der Waals surface area contributed by atoms with Crippen molar-refractivity contribution in [3.05, 3.63) is 0 Å². The molecule has 0 spiro atoms. The Kier molecular flexibility index (Phi) is 5.35. The van der Waals surface area contributed by atoms with Gasteiger partial charge in [-0.1, -0.05) is 0 Å². The zero-order chi connectivity index (χ0) is 8.85. The topological polar surface area (TPSA) is 90.2 Å². The van der Waals surface area contributed by atoms with Gasteiger partial charge in [0.25, 0.3) is 0 Å². The highest BCUT2D eigenvalue weighted by Crippen LogP contribution is 2.02. The maximum atomic E-state index is 9.07. The highest BCUT2D eigenvalue weighted by Gasteiger charge is 2.22. The van der Waals surface area contributed by atoms with E-state index in [2.05, 4.69) is 4.74 Å². The molecule has 0 amide bonds. The van der Waals surface area contributed by atoms with Crippen LogP contribution in [0, 0.1) is 0 Å². The van der Waals surface area contributed by atoms with Gasteiger partial charge in [0.05, 0.1) is 12.7 Å². The van der Waals surface area contributed by atoms with Crippen molar-refractivity contribution in [1.82, 2.24) is 0 Å². The van der Waals surface area contributed by atoms with Crippen molar-refractivity contribution in [3.63, 3.8) is 0 Å². The molecule has 0 aliphatic heterocycles. The summed E-state index contributed by atoms with van der Waals surface area (Å²) >= 11 is 0. The molecule has 68 valence electrons. The first-order valence-electron chi connectivity index (χ1n) is 3.33. The summed E-state index contributed by atoms with van der Waals surface area (Å²) in [6.07, 6.45) is -3.09. The third-order valence-corrected chi connectivity index (χ3v) is 1.34. The lowest BCUT2D eigenvalue weighted by Gasteiger charge is -2.22. The quantitative estimate of drug-likeness (QED) is 0.357. The first-order valence-corrected chi connectivity index (χ1v) is 3.33. The predicted octanol–water partition coefficient (Wildman–Crippen LogP) is -1.94. The number of aliphatic hydroxyl groups excluding tert-OH is 4. The lowest BCUT2D eigenvalue weighted by atomic mass is 10.1. The Balaban J connectivity index is 3.81. The standard InChI is InChI=1S/C6H14O5/c1-4(9)6(10)5(2-7)11-3-8/h4-10H,2-3H2,1H3/t4-,5?,6+/m1/s1. The Morgan fingerprint density at radius 1 is 1.27 bits per heavy atom. The van der Waals surface area contributed by atoms with Gasteiger partial charge in [0.1, 0.15) is 19.0 Å². The minimum Gasteiger partial charge on any atom is -0.394 e. The van der Waals surface area contributed by atoms with Crippen molar-refractivity contribution in [3.8, 4) is 0 Å². The van der Waals surface area contributed by atoms with Crippen molar-refractivity contribution in [2.45, 2.75) is 25.2 Å². The molecule has 0 rings (SSSR count). The summed E-state index contributed by atoms with van der Waals surface area (Å²) in [5.41, 5.74) is 0. The van der Waals surface area contributed by atoms with Crippen molar-refractivity contribution in [1.29, 1.82) is 0 Å². The van der Waals surface area contributed by atoms with E-state index >= 15 is 0 Å². The van der Waals surface area contributed by atoms with E-state index < -0.39 is 31.7 Å². The predicted molar refractivity (Wildman–Crippen MR) is 36.7 cm³/mol. The summed E-state index contributed by atoms with van der Waals surface area (Å²) in [6.45, 7) is 0.343. The van der Waals surface area contributed by atoms with E-state index in [4.69, 9.17) is 20.4 Å². The van der Waals surface area contributed by atoms with Gasteiger partial charge in [0, 0.05) is 0 Å². The zero-order valence-electron chi connectivity index (χ0n) is 6.34. The lowest BCUT2D eigenvalue weighted by molar-refractivity contribution is -0.139. The maximum absolute atomic E-state index is 9.07. The fourth-order valence-corrected chi connectivity index (χ4v) is 0.666. The second kappa shape index (κ2) is 5.45. The second-order valence-electron chi connectivity index (χ2n) is 2.25. The van der Waals surface area contributed by atoms with Crippen LogP contribution < -0.4 is 0 Å². The molecule has 0 saturated carbocycles. The largest absolute Gasteiger partial charge is 0.394 e. The Morgan fingerprint density at radius 2 is 1.82 bits per heavy atom. The number of aliphatic hydroxyl groups is 4. The molecule has 1 unspecified atom stereocenters. The summed E-state index contributed by atoms with van der Waals surface area (Å²) in [5, 5.41) is 34.7. The molecule has 0 bridgehead atoms. The highest BCUT2D eigenvalue weighted by atomic mass is 16.6. The van der Waals surface area contributed by atoms with Gasteiger partial charge in [-0.15, -0.1) is 0 Å². The van der Waals surface area contributed by atoms with Crippen molar-refractivity contribution >= 4 is 0 Å². The van der Waals surface area contributed by atoms with Crippen LogP contribution >= 0.6 is 0 Å². The summed E-state index contributed by atoms with van der Waals surface area (Å²) in [6, 6.07) is 0. The van der Waals surface area contributed by atoms with Gasteiger partial charge in [-0.25, -0.2) is 0 Å². The minimum atomic E-state index is -1.17. The third-order valence-electron chi connectivity index (χ3n) is 1.34. The fourth-order valence-electron chi connectivity index (χ4n) is 0.666. The molecule has 5 nitrogen and oxygen atoms in total. The number of hydrogen-bond donors (Lipinski definition) is 4. The first-order chi connectivity index (χ1) is 5.13. The number of rotatable bonds is 5. The number of ether oxygens (including phenoxy) is 1. The van der Waals surface area contributed by atoms with E-state index in [1.807, 2.05) is 0 Å². The van der Waals surface area contributed by atoms with Crippen LogP contribution in [0.4, 0.5) is 0 Å². The average Bonchev–Trinajstić information content (AvgIpc) is 1.98. The van der Waals surface area contributed by atoms with Gasteiger partial charge in [-0.05, 0) is 6.92 Å². The van der Waals surface area contributed by atoms with Crippen LogP contribution in [0.2, 0.25) is 0 Å². The molecular weight excluding hydrogens is 152 g/mol. The van der Waals surface area contributed by atoms with E-state index in [0.717, 1.165) is 0 Å². The van der Waals surface area contributed by atoms with Crippen molar-refractivity contribution in [2.24, 2.45) is 0 Å². The molecule has 5 heteroatoms. The first kappa shape index (κ1) is 10.8. The minimum absolute atomic E-state index is 0.438. The maximum Gasteiger partial charge on any atom is 0.144 e. The van der Waals surface area contributed by atoms with Gasteiger partial charge >= 0.3 is 0 Å². The van der Waals surface area contributed by atoms with Gasteiger partial charge in [-0.2, -0.15) is 0 Å². The molecule has 0 fully saturated rings. The Morgan fingerprint density at radius 3 is 2.09 bits per heavy atom. The molecule has 0 heterocycles. The Labute approximate surface area is 64.9 Å². The fraction of sp³-hybridized carbons (Fsp3) is 1.00. The van der Waals surface area contributed by atoms with Crippen LogP contribution in [0.5, 0.6) is 0 Å². The van der Waals surface area contributed by atoms with Gasteiger partial charge in [-0.3, -0.25) is 0 Å². The SMILES string of the molecule is C[C@@H](O)[C@H](O)C(CO)OCO. The average molecular weight is 166 g/mol. The molecule has 0 radical (unpaired) electrons. The smallest absolute Gasteiger partial charge is 0.144 e. The molecule has 0 aromatic rings. The molecule has 4 N–H and O–H groups in total. The van der Waals surface area contributed by atoms with Gasteiger partial charge in [0.2, 0.25) is 0 Å². The van der Waals surface area contributed by atoms with E-state index in [1.54, 1.807) is 0 Å². The summed E-state index contributed by atoms with van der Waals surface area (Å²) < 4.78 is 4.51. The monoisotopic (exact) mass is 166 g/mol. The highest BCUT2D eigenvalue weighted by molar-refractivity contribution is 4.72. The Bertz CT molecular complexity index is 95.0. The van der Waals surface area contributed by atoms with Crippen LogP contribution in [-0.2, 0) is 4.74 Å². The van der Waals surface area contributed by atoms with Crippen LogP contribution in [0.15, 0.2) is 0 Å². The molecule has 0 saturated heterocycles. The number of hydrogen-bond acceptors (Lipinski definition) is 5. The molecule has 0 aliphatic rings. The van der Waals surface area contributed by atoms with Crippen LogP contribution in [0.25, 0.3) is 0 Å². The van der Waals surface area contributed by atoms with E-state index in [0.29, 0.717) is 0 Å². The lowest BCUT2D eigenvalue weighted by Crippen LogP contribution is -2.40. The summed E-state index contributed by atoms with van der Waals surface area (Å²) in [7, 11) is 0. The molecule has 11 heavy (non-hydrogen) atoms. The Hall–Kier alpha value is -0.200. The third kappa shape index (κ3) is 3.64. The van der Waals surface area contributed by atoms with Crippen LogP contribution in [-0.4, -0.2) is 52.1 Å². The summed E-state index contributed by atoms with van der Waals surface area (Å²) in [5.74, 6) is 0. The van der Waals surface area contributed by atoms with Gasteiger partial charge < -0.3 is 25.2 Å². The molecular formula is C6H14O5. The van der Waals surface area contributed by atoms with E-state index in [-0.39, 0.29) is 0 Å². The molecule has 0 aromatic carbocycles. The van der Waals surface area contributed by atoms with Crippen molar-refractivity contribution in [2.75, 3.05) is 13.4 Å². The summed E-state index contributed by atoms with van der Waals surface area (Å²) in [4.78, 5) is 0. The van der Waals surface area contributed by atoms with Gasteiger partial charge in [0.15, 0.2) is 0 Å².